The summed E-state index contributed by atoms with van der Waals surface area (Å²) in [4.78, 5) is 23.8. The van der Waals surface area contributed by atoms with Crippen molar-refractivity contribution in [1.82, 2.24) is 0 Å². The number of carboxylic acids is 1. The molecule has 0 amide bonds. The van der Waals surface area contributed by atoms with Crippen molar-refractivity contribution in [3.05, 3.63) is 0 Å². The summed E-state index contributed by atoms with van der Waals surface area (Å²) < 4.78 is 4.76. The normalized spacial score (nSPS) is 46.3. The van der Waals surface area contributed by atoms with Gasteiger partial charge in [-0.2, -0.15) is 0 Å². The summed E-state index contributed by atoms with van der Waals surface area (Å²) in [5, 5.41) is 20.2. The molecule has 4 fully saturated rings. The van der Waals surface area contributed by atoms with Gasteiger partial charge in [0, 0.05) is 6.42 Å². The van der Waals surface area contributed by atoms with E-state index in [-0.39, 0.29) is 29.8 Å². The molecule has 0 spiro atoms. The predicted octanol–water partition coefficient (Wildman–Crippen LogP) is 4.66. The number of aliphatic hydroxyl groups excluding tert-OH is 1. The Kier molecular flexibility index (Phi) is 5.97. The second-order valence-corrected chi connectivity index (χ2v) is 11.4. The third kappa shape index (κ3) is 3.49. The maximum Gasteiger partial charge on any atom is 0.306 e. The highest BCUT2D eigenvalue weighted by molar-refractivity contribution is 5.73. The van der Waals surface area contributed by atoms with E-state index in [0.717, 1.165) is 44.4 Å². The van der Waals surface area contributed by atoms with E-state index in [1.165, 1.54) is 26.4 Å². The first kappa shape index (κ1) is 22.1. The van der Waals surface area contributed by atoms with Gasteiger partial charge in [0.25, 0.3) is 0 Å². The molecule has 0 aliphatic heterocycles. The molecule has 5 heteroatoms. The number of methoxy groups -OCH3 is 1. The Morgan fingerprint density at radius 1 is 1.00 bits per heavy atom. The van der Waals surface area contributed by atoms with Gasteiger partial charge >= 0.3 is 11.9 Å². The van der Waals surface area contributed by atoms with Crippen LogP contribution in [-0.4, -0.2) is 35.4 Å². The fourth-order valence-electron chi connectivity index (χ4n) is 8.81. The number of hydrogen-bond acceptors (Lipinski definition) is 4. The van der Waals surface area contributed by atoms with E-state index in [9.17, 15) is 19.8 Å². The molecule has 0 aromatic carbocycles. The topological polar surface area (TPSA) is 83.8 Å². The lowest BCUT2D eigenvalue weighted by atomic mass is 9.44. The number of hydrogen-bond donors (Lipinski definition) is 2. The molecule has 3 unspecified atom stereocenters. The van der Waals surface area contributed by atoms with Gasteiger partial charge in [-0.25, -0.2) is 0 Å². The van der Waals surface area contributed by atoms with Crippen LogP contribution in [0.5, 0.6) is 0 Å². The van der Waals surface area contributed by atoms with Crippen LogP contribution in [0.25, 0.3) is 0 Å². The molecule has 0 saturated heterocycles. The molecular weight excluding hydrogens is 380 g/mol. The van der Waals surface area contributed by atoms with E-state index in [4.69, 9.17) is 4.74 Å². The highest BCUT2D eigenvalue weighted by Crippen LogP contribution is 2.68. The number of fused-ring (bicyclic) bond motifs is 5. The van der Waals surface area contributed by atoms with Crippen molar-refractivity contribution in [1.29, 1.82) is 0 Å². The summed E-state index contributed by atoms with van der Waals surface area (Å²) in [5.41, 5.74) is 0.413. The Morgan fingerprint density at radius 3 is 2.40 bits per heavy atom. The third-order valence-electron chi connectivity index (χ3n) is 10.4. The predicted molar refractivity (Wildman–Crippen MR) is 114 cm³/mol. The van der Waals surface area contributed by atoms with Crippen LogP contribution in [0.4, 0.5) is 0 Å². The Balaban J connectivity index is 1.53. The Morgan fingerprint density at radius 2 is 1.70 bits per heavy atom. The molecule has 4 saturated carbocycles. The molecule has 5 nitrogen and oxygen atoms in total. The minimum atomic E-state index is -0.746. The summed E-state index contributed by atoms with van der Waals surface area (Å²) in [5.74, 6) is 1.32. The number of aliphatic carboxylic acids is 1. The number of aliphatic hydroxyl groups is 1. The maximum absolute atomic E-state index is 12.2. The smallest absolute Gasteiger partial charge is 0.306 e. The zero-order valence-electron chi connectivity index (χ0n) is 18.9. The van der Waals surface area contributed by atoms with Crippen molar-refractivity contribution in [3.8, 4) is 0 Å². The first-order valence-corrected chi connectivity index (χ1v) is 12.2. The van der Waals surface area contributed by atoms with E-state index in [2.05, 4.69) is 13.8 Å². The molecule has 4 aliphatic carbocycles. The van der Waals surface area contributed by atoms with E-state index in [1.54, 1.807) is 0 Å². The minimum Gasteiger partial charge on any atom is -0.481 e. The van der Waals surface area contributed by atoms with Gasteiger partial charge in [-0.3, -0.25) is 9.59 Å². The standard InChI is InChI=1S/C25H40O5/c1-24-12-10-16(26)14-15(24)4-5-17-19-7-8-20(25(19,2)13-11-21(17)24)18(23(28)29)6-9-22(27)30-3/h15-21,26H,4-14H2,1-3H3,(H,28,29)/t15-,16-,17?,18+,19?,20+,21?,24-,25-/m0/s1. The molecule has 170 valence electrons. The molecule has 4 aliphatic rings. The van der Waals surface area contributed by atoms with Crippen LogP contribution < -0.4 is 0 Å². The van der Waals surface area contributed by atoms with Crippen LogP contribution in [0.1, 0.15) is 84.5 Å². The Labute approximate surface area is 180 Å². The fraction of sp³-hybridized carbons (Fsp3) is 0.920. The van der Waals surface area contributed by atoms with Gasteiger partial charge in [0.15, 0.2) is 0 Å². The molecule has 0 radical (unpaired) electrons. The van der Waals surface area contributed by atoms with Crippen LogP contribution in [-0.2, 0) is 14.3 Å². The molecule has 0 heterocycles. The van der Waals surface area contributed by atoms with Gasteiger partial charge in [-0.15, -0.1) is 0 Å². The molecule has 0 bridgehead atoms. The summed E-state index contributed by atoms with van der Waals surface area (Å²) in [7, 11) is 1.37. The Bertz CT molecular complexity index is 676. The van der Waals surface area contributed by atoms with E-state index >= 15 is 0 Å². The number of ether oxygens (including phenoxy) is 1. The highest BCUT2D eigenvalue weighted by Gasteiger charge is 2.61. The highest BCUT2D eigenvalue weighted by atomic mass is 16.5. The van der Waals surface area contributed by atoms with Crippen molar-refractivity contribution in [2.75, 3.05) is 7.11 Å². The van der Waals surface area contributed by atoms with E-state index < -0.39 is 11.9 Å². The van der Waals surface area contributed by atoms with Crippen LogP contribution in [0, 0.1) is 46.3 Å². The zero-order valence-corrected chi connectivity index (χ0v) is 18.9. The maximum atomic E-state index is 12.2. The van der Waals surface area contributed by atoms with E-state index in [0.29, 0.717) is 29.6 Å². The van der Waals surface area contributed by atoms with Gasteiger partial charge in [-0.05, 0) is 105 Å². The second kappa shape index (κ2) is 8.11. The van der Waals surface area contributed by atoms with Crippen LogP contribution in [0.3, 0.4) is 0 Å². The monoisotopic (exact) mass is 420 g/mol. The summed E-state index contributed by atoms with van der Waals surface area (Å²) in [6, 6.07) is 0. The number of rotatable bonds is 5. The lowest BCUT2D eigenvalue weighted by Crippen LogP contribution is -2.54. The van der Waals surface area contributed by atoms with Crippen molar-refractivity contribution in [3.63, 3.8) is 0 Å². The first-order valence-electron chi connectivity index (χ1n) is 12.2. The number of esters is 1. The summed E-state index contributed by atoms with van der Waals surface area (Å²) in [6.45, 7) is 4.85. The van der Waals surface area contributed by atoms with Crippen LogP contribution in [0.15, 0.2) is 0 Å². The number of carboxylic acid groups (broad SMARTS) is 1. The average molecular weight is 421 g/mol. The van der Waals surface area contributed by atoms with Crippen LogP contribution >= 0.6 is 0 Å². The Hall–Kier alpha value is -1.10. The molecule has 30 heavy (non-hydrogen) atoms. The molecule has 4 rings (SSSR count). The average Bonchev–Trinajstić information content (AvgIpc) is 3.05. The van der Waals surface area contributed by atoms with Gasteiger partial charge in [0.1, 0.15) is 0 Å². The van der Waals surface area contributed by atoms with Crippen molar-refractivity contribution in [2.45, 2.75) is 90.6 Å². The van der Waals surface area contributed by atoms with Gasteiger partial charge in [-0.1, -0.05) is 13.8 Å². The SMILES string of the molecule is COC(=O)CC[C@@H](C(=O)O)[C@H]1CCC2C3CC[C@H]4C[C@@H](O)CC[C@]4(C)C3CC[C@@]21C. The lowest BCUT2D eigenvalue weighted by Gasteiger charge is -2.61. The van der Waals surface area contributed by atoms with Crippen molar-refractivity contribution < 1.29 is 24.5 Å². The van der Waals surface area contributed by atoms with Gasteiger partial charge < -0.3 is 14.9 Å². The quantitative estimate of drug-likeness (QED) is 0.632. The van der Waals surface area contributed by atoms with Crippen molar-refractivity contribution >= 4 is 11.9 Å². The zero-order chi connectivity index (χ0) is 21.7. The number of carbonyl (C=O) groups excluding carboxylic acids is 1. The van der Waals surface area contributed by atoms with Crippen LogP contribution in [0.2, 0.25) is 0 Å². The largest absolute Gasteiger partial charge is 0.481 e. The lowest BCUT2D eigenvalue weighted by molar-refractivity contribution is -0.152. The third-order valence-corrected chi connectivity index (χ3v) is 10.4. The molecule has 9 atom stereocenters. The summed E-state index contributed by atoms with van der Waals surface area (Å²) >= 11 is 0. The molecular formula is C25H40O5. The fourth-order valence-corrected chi connectivity index (χ4v) is 8.81. The molecule has 0 aromatic heterocycles. The second-order valence-electron chi connectivity index (χ2n) is 11.4. The first-order chi connectivity index (χ1) is 14.2. The minimum absolute atomic E-state index is 0.0672. The van der Waals surface area contributed by atoms with Gasteiger partial charge in [0.2, 0.25) is 0 Å². The van der Waals surface area contributed by atoms with Crippen molar-refractivity contribution in [2.24, 2.45) is 46.3 Å². The summed E-state index contributed by atoms with van der Waals surface area (Å²) in [6.07, 6.45) is 10.4. The van der Waals surface area contributed by atoms with Gasteiger partial charge in [0.05, 0.1) is 19.1 Å². The molecule has 2 N–H and O–H groups in total. The number of carbonyl (C=O) groups is 2. The van der Waals surface area contributed by atoms with E-state index in [1.807, 2.05) is 0 Å². The molecule has 0 aromatic rings.